The van der Waals surface area contributed by atoms with Gasteiger partial charge in [0.25, 0.3) is 0 Å². The fraction of sp³-hybridized carbons (Fsp3) is 0.846. The summed E-state index contributed by atoms with van der Waals surface area (Å²) in [6.07, 6.45) is 3.14. The highest BCUT2D eigenvalue weighted by molar-refractivity contribution is 5.77. The Morgan fingerprint density at radius 3 is 2.89 bits per heavy atom. The highest BCUT2D eigenvalue weighted by atomic mass is 16.5. The van der Waals surface area contributed by atoms with E-state index in [4.69, 9.17) is 4.74 Å². The van der Waals surface area contributed by atoms with Gasteiger partial charge in [0.05, 0.1) is 0 Å². The second kappa shape index (κ2) is 8.74. The monoisotopic (exact) mass is 271 g/mol. The van der Waals surface area contributed by atoms with Crippen LogP contribution >= 0.6 is 0 Å². The van der Waals surface area contributed by atoms with Gasteiger partial charge in [-0.2, -0.15) is 0 Å². The standard InChI is InChI=1S/C13H25N3O3/c1-3-19-9-5-7-12(17)16-8-4-6-11(10-16)15-13(18)14-2/h11H,3-10H2,1-2H3,(H2,14,15,18). The second-order valence-corrected chi connectivity index (χ2v) is 4.70. The van der Waals surface area contributed by atoms with E-state index >= 15 is 0 Å². The van der Waals surface area contributed by atoms with E-state index in [1.807, 2.05) is 11.8 Å². The Hall–Kier alpha value is -1.30. The number of ether oxygens (including phenoxy) is 1. The number of rotatable bonds is 6. The van der Waals surface area contributed by atoms with Crippen molar-refractivity contribution < 1.29 is 14.3 Å². The molecule has 1 unspecified atom stereocenters. The fourth-order valence-electron chi connectivity index (χ4n) is 2.21. The number of likely N-dealkylation sites (tertiary alicyclic amines) is 1. The van der Waals surface area contributed by atoms with E-state index in [-0.39, 0.29) is 18.0 Å². The first-order chi connectivity index (χ1) is 9.17. The molecule has 0 bridgehead atoms. The molecule has 1 aliphatic heterocycles. The van der Waals surface area contributed by atoms with Gasteiger partial charge in [-0.3, -0.25) is 4.79 Å². The van der Waals surface area contributed by atoms with Crippen molar-refractivity contribution in [1.29, 1.82) is 0 Å². The minimum atomic E-state index is -0.185. The molecule has 2 N–H and O–H groups in total. The van der Waals surface area contributed by atoms with E-state index in [2.05, 4.69) is 10.6 Å². The summed E-state index contributed by atoms with van der Waals surface area (Å²) in [7, 11) is 1.59. The van der Waals surface area contributed by atoms with Crippen molar-refractivity contribution in [2.75, 3.05) is 33.4 Å². The molecule has 0 aromatic carbocycles. The number of piperidine rings is 1. The van der Waals surface area contributed by atoms with Crippen LogP contribution < -0.4 is 10.6 Å². The van der Waals surface area contributed by atoms with Gasteiger partial charge in [0.2, 0.25) is 5.91 Å². The molecule has 0 aromatic rings. The molecule has 0 saturated carbocycles. The predicted molar refractivity (Wildman–Crippen MR) is 72.9 cm³/mol. The van der Waals surface area contributed by atoms with Crippen LogP contribution in [0.4, 0.5) is 4.79 Å². The third kappa shape index (κ3) is 5.92. The molecule has 1 saturated heterocycles. The Kier molecular flexibility index (Phi) is 7.25. The average molecular weight is 271 g/mol. The second-order valence-electron chi connectivity index (χ2n) is 4.70. The summed E-state index contributed by atoms with van der Waals surface area (Å²) in [5.74, 6) is 0.156. The molecular weight excluding hydrogens is 246 g/mol. The van der Waals surface area contributed by atoms with Crippen LogP contribution in [0, 0.1) is 0 Å². The molecule has 6 nitrogen and oxygen atoms in total. The van der Waals surface area contributed by atoms with Gasteiger partial charge in [-0.15, -0.1) is 0 Å². The number of hydrogen-bond acceptors (Lipinski definition) is 3. The summed E-state index contributed by atoms with van der Waals surface area (Å²) in [6.45, 7) is 4.67. The summed E-state index contributed by atoms with van der Waals surface area (Å²) in [5, 5.41) is 5.40. The zero-order chi connectivity index (χ0) is 14.1. The van der Waals surface area contributed by atoms with E-state index in [0.29, 0.717) is 26.2 Å². The Bertz CT molecular complexity index is 297. The molecule has 1 heterocycles. The van der Waals surface area contributed by atoms with E-state index in [0.717, 1.165) is 25.8 Å². The maximum absolute atomic E-state index is 12.0. The van der Waals surface area contributed by atoms with Crippen molar-refractivity contribution in [3.63, 3.8) is 0 Å². The highest BCUT2D eigenvalue weighted by Gasteiger charge is 2.24. The highest BCUT2D eigenvalue weighted by Crippen LogP contribution is 2.12. The first kappa shape index (κ1) is 15.8. The molecule has 19 heavy (non-hydrogen) atoms. The number of carbonyl (C=O) groups excluding carboxylic acids is 2. The molecule has 1 aliphatic rings. The SMILES string of the molecule is CCOCCCC(=O)N1CCCC(NC(=O)NC)C1. The van der Waals surface area contributed by atoms with E-state index < -0.39 is 0 Å². The zero-order valence-corrected chi connectivity index (χ0v) is 11.9. The fourth-order valence-corrected chi connectivity index (χ4v) is 2.21. The number of urea groups is 1. The number of carbonyl (C=O) groups is 2. The Labute approximate surface area is 114 Å². The molecule has 0 aliphatic carbocycles. The molecule has 0 spiro atoms. The van der Waals surface area contributed by atoms with Crippen LogP contribution in [0.5, 0.6) is 0 Å². The third-order valence-corrected chi connectivity index (χ3v) is 3.22. The van der Waals surface area contributed by atoms with Gasteiger partial charge in [0, 0.05) is 45.8 Å². The summed E-state index contributed by atoms with van der Waals surface area (Å²) in [4.78, 5) is 25.1. The van der Waals surface area contributed by atoms with E-state index in [1.54, 1.807) is 7.05 Å². The summed E-state index contributed by atoms with van der Waals surface area (Å²) >= 11 is 0. The van der Waals surface area contributed by atoms with Crippen LogP contribution in [0.15, 0.2) is 0 Å². The van der Waals surface area contributed by atoms with Crippen molar-refractivity contribution in [3.05, 3.63) is 0 Å². The van der Waals surface area contributed by atoms with Crippen LogP contribution in [0.1, 0.15) is 32.6 Å². The molecular formula is C13H25N3O3. The first-order valence-corrected chi connectivity index (χ1v) is 7.01. The molecule has 0 aromatic heterocycles. The van der Waals surface area contributed by atoms with Gasteiger partial charge >= 0.3 is 6.03 Å². The van der Waals surface area contributed by atoms with Crippen LogP contribution in [0.2, 0.25) is 0 Å². The first-order valence-electron chi connectivity index (χ1n) is 7.01. The van der Waals surface area contributed by atoms with Crippen molar-refractivity contribution in [1.82, 2.24) is 15.5 Å². The van der Waals surface area contributed by atoms with Gasteiger partial charge in [-0.1, -0.05) is 0 Å². The van der Waals surface area contributed by atoms with Gasteiger partial charge in [0.1, 0.15) is 0 Å². The summed E-state index contributed by atoms with van der Waals surface area (Å²) in [6, 6.07) is -0.125. The summed E-state index contributed by atoms with van der Waals surface area (Å²) in [5.41, 5.74) is 0. The van der Waals surface area contributed by atoms with Crippen LogP contribution in [0.25, 0.3) is 0 Å². The minimum Gasteiger partial charge on any atom is -0.382 e. The molecule has 6 heteroatoms. The lowest BCUT2D eigenvalue weighted by molar-refractivity contribution is -0.132. The van der Waals surface area contributed by atoms with Crippen molar-refractivity contribution in [2.45, 2.75) is 38.6 Å². The smallest absolute Gasteiger partial charge is 0.314 e. The number of nitrogens with one attached hydrogen (secondary N) is 2. The van der Waals surface area contributed by atoms with Crippen molar-refractivity contribution in [3.8, 4) is 0 Å². The van der Waals surface area contributed by atoms with E-state index in [1.165, 1.54) is 0 Å². The van der Waals surface area contributed by atoms with Crippen molar-refractivity contribution in [2.24, 2.45) is 0 Å². The minimum absolute atomic E-state index is 0.0598. The normalized spacial score (nSPS) is 19.1. The average Bonchev–Trinajstić information content (AvgIpc) is 2.43. The molecule has 110 valence electrons. The van der Waals surface area contributed by atoms with Crippen molar-refractivity contribution >= 4 is 11.9 Å². The lowest BCUT2D eigenvalue weighted by Crippen LogP contribution is -2.51. The third-order valence-electron chi connectivity index (χ3n) is 3.22. The number of nitrogens with zero attached hydrogens (tertiary/aromatic N) is 1. The quantitative estimate of drug-likeness (QED) is 0.699. The van der Waals surface area contributed by atoms with Crippen LogP contribution in [-0.2, 0) is 9.53 Å². The van der Waals surface area contributed by atoms with E-state index in [9.17, 15) is 9.59 Å². The Balaban J connectivity index is 2.28. The Morgan fingerprint density at radius 2 is 2.21 bits per heavy atom. The lowest BCUT2D eigenvalue weighted by Gasteiger charge is -2.33. The summed E-state index contributed by atoms with van der Waals surface area (Å²) < 4.78 is 5.22. The van der Waals surface area contributed by atoms with Gasteiger partial charge in [-0.05, 0) is 26.2 Å². The van der Waals surface area contributed by atoms with Gasteiger partial charge in [-0.25, -0.2) is 4.79 Å². The topological polar surface area (TPSA) is 70.7 Å². The maximum Gasteiger partial charge on any atom is 0.314 e. The lowest BCUT2D eigenvalue weighted by atomic mass is 10.1. The number of amides is 3. The van der Waals surface area contributed by atoms with Gasteiger partial charge < -0.3 is 20.3 Å². The molecule has 0 radical (unpaired) electrons. The molecule has 3 amide bonds. The zero-order valence-electron chi connectivity index (χ0n) is 11.9. The largest absolute Gasteiger partial charge is 0.382 e. The van der Waals surface area contributed by atoms with Crippen LogP contribution in [0.3, 0.4) is 0 Å². The Morgan fingerprint density at radius 1 is 1.42 bits per heavy atom. The maximum atomic E-state index is 12.0. The number of hydrogen-bond donors (Lipinski definition) is 2. The molecule has 1 atom stereocenters. The molecule has 1 fully saturated rings. The predicted octanol–water partition coefficient (Wildman–Crippen LogP) is 0.723. The van der Waals surface area contributed by atoms with Crippen LogP contribution in [-0.4, -0.2) is 56.2 Å². The van der Waals surface area contributed by atoms with Gasteiger partial charge in [0.15, 0.2) is 0 Å². The molecule has 1 rings (SSSR count).